The number of nitrogens with one attached hydrogen (secondary N) is 1. The fraction of sp³-hybridized carbons (Fsp3) is 0.600. The van der Waals surface area contributed by atoms with Gasteiger partial charge in [0.25, 0.3) is 5.69 Å². The third-order valence-corrected chi connectivity index (χ3v) is 5.48. The maximum absolute atomic E-state index is 11.8. The Morgan fingerprint density at radius 3 is 2.41 bits per heavy atom. The highest BCUT2D eigenvalue weighted by molar-refractivity contribution is 7.90. The van der Waals surface area contributed by atoms with Gasteiger partial charge in [-0.05, 0) is 43.7 Å². The first-order valence-electron chi connectivity index (χ1n) is 7.56. The van der Waals surface area contributed by atoms with Gasteiger partial charge in [0, 0.05) is 24.1 Å². The average molecular weight is 326 g/mol. The van der Waals surface area contributed by atoms with Crippen molar-refractivity contribution in [2.45, 2.75) is 50.0 Å². The molecule has 122 valence electrons. The highest BCUT2D eigenvalue weighted by Crippen LogP contribution is 2.31. The van der Waals surface area contributed by atoms with Gasteiger partial charge in [0.05, 0.1) is 4.92 Å². The van der Waals surface area contributed by atoms with Crippen LogP contribution < -0.4 is 5.32 Å². The second-order valence-electron chi connectivity index (χ2n) is 5.98. The van der Waals surface area contributed by atoms with Crippen molar-refractivity contribution in [1.29, 1.82) is 0 Å². The van der Waals surface area contributed by atoms with Gasteiger partial charge >= 0.3 is 0 Å². The van der Waals surface area contributed by atoms with E-state index in [1.807, 2.05) is 0 Å². The van der Waals surface area contributed by atoms with Crippen molar-refractivity contribution in [3.63, 3.8) is 0 Å². The van der Waals surface area contributed by atoms with Crippen LogP contribution in [-0.2, 0) is 9.84 Å². The molecule has 0 unspecified atom stereocenters. The average Bonchev–Trinajstić information content (AvgIpc) is 2.47. The van der Waals surface area contributed by atoms with Crippen LogP contribution in [0.3, 0.4) is 0 Å². The van der Waals surface area contributed by atoms with Gasteiger partial charge in [0.1, 0.15) is 4.90 Å². The van der Waals surface area contributed by atoms with E-state index in [0.29, 0.717) is 11.7 Å². The number of anilines is 1. The van der Waals surface area contributed by atoms with Gasteiger partial charge < -0.3 is 5.32 Å². The molecule has 1 aromatic carbocycles. The molecule has 6 nitrogen and oxygen atoms in total. The topological polar surface area (TPSA) is 89.3 Å². The number of nitrogens with zero attached hydrogens (tertiary/aromatic N) is 1. The SMILES string of the molecule is CCC1CCC(Nc2ccc([N+](=O)[O-])c(S(C)(=O)=O)c2)CC1. The van der Waals surface area contributed by atoms with Crippen molar-refractivity contribution in [3.05, 3.63) is 28.3 Å². The number of sulfone groups is 1. The molecule has 0 radical (unpaired) electrons. The minimum atomic E-state index is -3.64. The molecular weight excluding hydrogens is 304 g/mol. The predicted molar refractivity (Wildman–Crippen MR) is 85.9 cm³/mol. The fourth-order valence-electron chi connectivity index (χ4n) is 3.00. The molecule has 0 spiro atoms. The first-order valence-corrected chi connectivity index (χ1v) is 9.45. The first kappa shape index (κ1) is 16.7. The minimum absolute atomic E-state index is 0.232. The van der Waals surface area contributed by atoms with Crippen molar-refractivity contribution >= 4 is 21.2 Å². The third-order valence-electron chi connectivity index (χ3n) is 4.35. The molecule has 0 aliphatic heterocycles. The highest BCUT2D eigenvalue weighted by atomic mass is 32.2. The zero-order valence-corrected chi connectivity index (χ0v) is 13.7. The quantitative estimate of drug-likeness (QED) is 0.662. The second-order valence-corrected chi connectivity index (χ2v) is 7.97. The van der Waals surface area contributed by atoms with Crippen LogP contribution >= 0.6 is 0 Å². The van der Waals surface area contributed by atoms with E-state index in [1.54, 1.807) is 6.07 Å². The number of nitro groups is 1. The van der Waals surface area contributed by atoms with Gasteiger partial charge in [0.15, 0.2) is 9.84 Å². The molecule has 1 saturated carbocycles. The Kier molecular flexibility index (Phi) is 5.05. The maximum atomic E-state index is 11.8. The molecule has 22 heavy (non-hydrogen) atoms. The molecule has 1 aliphatic carbocycles. The van der Waals surface area contributed by atoms with Gasteiger partial charge in [-0.3, -0.25) is 10.1 Å². The third kappa shape index (κ3) is 3.97. The summed E-state index contributed by atoms with van der Waals surface area (Å²) in [6.07, 6.45) is 6.61. The lowest BCUT2D eigenvalue weighted by Gasteiger charge is -2.29. The Bertz CT molecular complexity index is 650. The minimum Gasteiger partial charge on any atom is -0.382 e. The predicted octanol–water partition coefficient (Wildman–Crippen LogP) is 3.38. The molecule has 0 aromatic heterocycles. The largest absolute Gasteiger partial charge is 0.382 e. The van der Waals surface area contributed by atoms with E-state index in [2.05, 4.69) is 12.2 Å². The van der Waals surface area contributed by atoms with Gasteiger partial charge in [-0.15, -0.1) is 0 Å². The van der Waals surface area contributed by atoms with Crippen LogP contribution in [-0.4, -0.2) is 25.6 Å². The second kappa shape index (κ2) is 6.64. The van der Waals surface area contributed by atoms with Crippen molar-refractivity contribution in [2.75, 3.05) is 11.6 Å². The van der Waals surface area contributed by atoms with Crippen LogP contribution in [0.25, 0.3) is 0 Å². The van der Waals surface area contributed by atoms with E-state index in [0.717, 1.165) is 25.0 Å². The van der Waals surface area contributed by atoms with Crippen LogP contribution in [0.1, 0.15) is 39.0 Å². The molecule has 0 atom stereocenters. The number of hydrogen-bond donors (Lipinski definition) is 1. The lowest BCUT2D eigenvalue weighted by molar-refractivity contribution is -0.387. The summed E-state index contributed by atoms with van der Waals surface area (Å²) in [5.41, 5.74) is 0.258. The van der Waals surface area contributed by atoms with Crippen molar-refractivity contribution in [3.8, 4) is 0 Å². The molecular formula is C15H22N2O4S. The molecule has 1 N–H and O–H groups in total. The standard InChI is InChI=1S/C15H22N2O4S/c1-3-11-4-6-12(7-5-11)16-13-8-9-14(17(18)19)15(10-13)22(2,20)21/h8-12,16H,3-7H2,1-2H3. The molecule has 1 aliphatic rings. The number of nitro benzene ring substituents is 1. The highest BCUT2D eigenvalue weighted by Gasteiger charge is 2.24. The molecule has 1 fully saturated rings. The van der Waals surface area contributed by atoms with Crippen LogP contribution in [0.15, 0.2) is 23.1 Å². The smallest absolute Gasteiger partial charge is 0.288 e. The molecule has 0 bridgehead atoms. The lowest BCUT2D eigenvalue weighted by Crippen LogP contribution is -2.26. The number of hydrogen-bond acceptors (Lipinski definition) is 5. The van der Waals surface area contributed by atoms with Gasteiger partial charge in [0.2, 0.25) is 0 Å². The summed E-state index contributed by atoms with van der Waals surface area (Å²) in [5.74, 6) is 0.779. The molecule has 0 amide bonds. The summed E-state index contributed by atoms with van der Waals surface area (Å²) in [6, 6.07) is 4.52. The van der Waals surface area contributed by atoms with Crippen LogP contribution in [0.5, 0.6) is 0 Å². The lowest BCUT2D eigenvalue weighted by atomic mass is 9.84. The van der Waals surface area contributed by atoms with E-state index in [4.69, 9.17) is 0 Å². The Morgan fingerprint density at radius 1 is 1.27 bits per heavy atom. The summed E-state index contributed by atoms with van der Waals surface area (Å²) in [4.78, 5) is 10.1. The van der Waals surface area contributed by atoms with E-state index < -0.39 is 14.8 Å². The van der Waals surface area contributed by atoms with E-state index in [-0.39, 0.29) is 10.6 Å². The van der Waals surface area contributed by atoms with Gasteiger partial charge in [-0.2, -0.15) is 0 Å². The Balaban J connectivity index is 2.18. The first-order chi connectivity index (χ1) is 10.3. The Labute approximate surface area is 131 Å². The molecule has 0 heterocycles. The van der Waals surface area contributed by atoms with Crippen LogP contribution in [0, 0.1) is 16.0 Å². The number of rotatable bonds is 5. The zero-order chi connectivity index (χ0) is 16.3. The van der Waals surface area contributed by atoms with Crippen molar-refractivity contribution < 1.29 is 13.3 Å². The van der Waals surface area contributed by atoms with Crippen molar-refractivity contribution in [1.82, 2.24) is 0 Å². The van der Waals surface area contributed by atoms with Gasteiger partial charge in [-0.1, -0.05) is 13.3 Å². The van der Waals surface area contributed by atoms with E-state index in [9.17, 15) is 18.5 Å². The van der Waals surface area contributed by atoms with E-state index >= 15 is 0 Å². The van der Waals surface area contributed by atoms with Crippen LogP contribution in [0.4, 0.5) is 11.4 Å². The summed E-state index contributed by atoms with van der Waals surface area (Å²) in [5, 5.41) is 14.3. The maximum Gasteiger partial charge on any atom is 0.288 e. The normalized spacial score (nSPS) is 22.3. The van der Waals surface area contributed by atoms with E-state index in [1.165, 1.54) is 31.4 Å². The summed E-state index contributed by atoms with van der Waals surface area (Å²) in [7, 11) is -3.64. The summed E-state index contributed by atoms with van der Waals surface area (Å²) >= 11 is 0. The molecule has 2 rings (SSSR count). The monoisotopic (exact) mass is 326 g/mol. The zero-order valence-electron chi connectivity index (χ0n) is 12.9. The Hall–Kier alpha value is -1.63. The van der Waals surface area contributed by atoms with Crippen molar-refractivity contribution in [2.24, 2.45) is 5.92 Å². The van der Waals surface area contributed by atoms with Crippen LogP contribution in [0.2, 0.25) is 0 Å². The molecule has 7 heteroatoms. The molecule has 0 saturated heterocycles. The van der Waals surface area contributed by atoms with Gasteiger partial charge in [-0.25, -0.2) is 8.42 Å². The molecule has 1 aromatic rings. The summed E-state index contributed by atoms with van der Waals surface area (Å²) < 4.78 is 23.5. The number of benzene rings is 1. The fourth-order valence-corrected chi connectivity index (χ4v) is 3.87. The Morgan fingerprint density at radius 2 is 1.91 bits per heavy atom. The summed E-state index contributed by atoms with van der Waals surface area (Å²) in [6.45, 7) is 2.20.